The van der Waals surface area contributed by atoms with Crippen LogP contribution in [0.2, 0.25) is 0 Å². The Labute approximate surface area is 85.4 Å². The van der Waals surface area contributed by atoms with E-state index in [0.717, 1.165) is 0 Å². The number of hydrogen-bond acceptors (Lipinski definition) is 4. The van der Waals surface area contributed by atoms with Gasteiger partial charge in [0, 0.05) is 0 Å². The molecule has 5 nitrogen and oxygen atoms in total. The lowest BCUT2D eigenvalue weighted by atomic mass is 9.90. The summed E-state index contributed by atoms with van der Waals surface area (Å²) in [5, 5.41) is 2.75. The average molecular weight is 225 g/mol. The first-order chi connectivity index (χ1) is 6.08. The van der Waals surface area contributed by atoms with Gasteiger partial charge in [-0.15, -0.1) is 0 Å². The molecule has 0 spiro atoms. The summed E-state index contributed by atoms with van der Waals surface area (Å²) in [6.07, 6.45) is 0. The molecular formula is C8H20NO4P. The van der Waals surface area contributed by atoms with Gasteiger partial charge >= 0.3 is 7.82 Å². The standard InChI is InChI=1S/C6H13O4P.C2H7N/c1-5(2)6(3,4)10-11(7,8)9-5;1-3-2/h1-4H3,(H,7,8);3H,1-2H3. The van der Waals surface area contributed by atoms with Crippen molar-refractivity contribution in [3.63, 3.8) is 0 Å². The molecule has 0 aromatic rings. The molecule has 1 rings (SSSR count). The molecule has 1 heterocycles. The van der Waals surface area contributed by atoms with E-state index in [1.165, 1.54) is 0 Å². The van der Waals surface area contributed by atoms with Crippen molar-refractivity contribution in [1.29, 1.82) is 0 Å². The van der Waals surface area contributed by atoms with E-state index in [0.29, 0.717) is 0 Å². The van der Waals surface area contributed by atoms with Crippen LogP contribution in [0.3, 0.4) is 0 Å². The number of rotatable bonds is 0. The molecule has 6 heteroatoms. The van der Waals surface area contributed by atoms with Crippen LogP contribution in [-0.2, 0) is 13.6 Å². The second-order valence-corrected chi connectivity index (χ2v) is 5.47. The Bertz CT molecular complexity index is 219. The van der Waals surface area contributed by atoms with Crippen LogP contribution in [0.1, 0.15) is 27.7 Å². The molecule has 0 aromatic carbocycles. The SMILES string of the molecule is CC1(C)OP(=O)(O)OC1(C)C.CNC. The summed E-state index contributed by atoms with van der Waals surface area (Å²) < 4.78 is 20.6. The summed E-state index contributed by atoms with van der Waals surface area (Å²) in [4.78, 5) is 8.98. The third kappa shape index (κ3) is 3.33. The van der Waals surface area contributed by atoms with Crippen LogP contribution in [0, 0.1) is 0 Å². The molecule has 0 amide bonds. The highest BCUT2D eigenvalue weighted by Crippen LogP contribution is 2.60. The molecule has 0 bridgehead atoms. The number of hydrogen-bond donors (Lipinski definition) is 2. The third-order valence-electron chi connectivity index (χ3n) is 2.14. The van der Waals surface area contributed by atoms with Gasteiger partial charge in [0.25, 0.3) is 0 Å². The molecule has 14 heavy (non-hydrogen) atoms. The highest BCUT2D eigenvalue weighted by Gasteiger charge is 2.55. The number of phosphoric ester groups is 1. The van der Waals surface area contributed by atoms with Crippen LogP contribution in [-0.4, -0.2) is 30.2 Å². The van der Waals surface area contributed by atoms with E-state index in [9.17, 15) is 4.57 Å². The molecule has 0 saturated carbocycles. The van der Waals surface area contributed by atoms with Crippen molar-refractivity contribution in [3.8, 4) is 0 Å². The first kappa shape index (κ1) is 14.1. The van der Waals surface area contributed by atoms with Gasteiger partial charge in [-0.3, -0.25) is 9.05 Å². The van der Waals surface area contributed by atoms with Gasteiger partial charge in [0.15, 0.2) is 0 Å². The van der Waals surface area contributed by atoms with Gasteiger partial charge in [0.2, 0.25) is 0 Å². The first-order valence-electron chi connectivity index (χ1n) is 4.41. The Kier molecular flexibility index (Phi) is 4.31. The van der Waals surface area contributed by atoms with E-state index in [-0.39, 0.29) is 0 Å². The van der Waals surface area contributed by atoms with Crippen LogP contribution in [0.5, 0.6) is 0 Å². The number of phosphoric acid groups is 1. The van der Waals surface area contributed by atoms with Gasteiger partial charge in [-0.2, -0.15) is 0 Å². The maximum absolute atomic E-state index is 11.0. The van der Waals surface area contributed by atoms with Crippen molar-refractivity contribution in [2.45, 2.75) is 38.9 Å². The topological polar surface area (TPSA) is 67.8 Å². The summed E-state index contributed by atoms with van der Waals surface area (Å²) in [6, 6.07) is 0. The lowest BCUT2D eigenvalue weighted by Crippen LogP contribution is -2.41. The minimum Gasteiger partial charge on any atom is -0.323 e. The minimum absolute atomic E-state index is 0.711. The van der Waals surface area contributed by atoms with E-state index >= 15 is 0 Å². The van der Waals surface area contributed by atoms with Crippen LogP contribution in [0.15, 0.2) is 0 Å². The fraction of sp³-hybridized carbons (Fsp3) is 1.00. The predicted octanol–water partition coefficient (Wildman–Crippen LogP) is 1.53. The van der Waals surface area contributed by atoms with Gasteiger partial charge in [-0.25, -0.2) is 4.57 Å². The molecule has 1 aliphatic heterocycles. The molecule has 0 radical (unpaired) electrons. The molecule has 1 fully saturated rings. The summed E-state index contributed by atoms with van der Waals surface area (Å²) in [6.45, 7) is 6.90. The second kappa shape index (κ2) is 4.29. The van der Waals surface area contributed by atoms with Crippen molar-refractivity contribution >= 4 is 7.82 Å². The zero-order chi connectivity index (χ0) is 11.6. The van der Waals surface area contributed by atoms with Gasteiger partial charge < -0.3 is 10.2 Å². The van der Waals surface area contributed by atoms with Crippen molar-refractivity contribution in [3.05, 3.63) is 0 Å². The highest BCUT2D eigenvalue weighted by atomic mass is 31.2. The Morgan fingerprint density at radius 1 is 1.07 bits per heavy atom. The Morgan fingerprint density at radius 2 is 1.29 bits per heavy atom. The van der Waals surface area contributed by atoms with Gasteiger partial charge in [0.1, 0.15) is 11.2 Å². The lowest BCUT2D eigenvalue weighted by molar-refractivity contribution is 0.00578. The fourth-order valence-corrected chi connectivity index (χ4v) is 2.45. The summed E-state index contributed by atoms with van der Waals surface area (Å²) in [5.74, 6) is 0. The quantitative estimate of drug-likeness (QED) is 0.612. The second-order valence-electron chi connectivity index (χ2n) is 4.17. The van der Waals surface area contributed by atoms with Crippen molar-refractivity contribution in [1.82, 2.24) is 5.32 Å². The maximum Gasteiger partial charge on any atom is 0.473 e. The van der Waals surface area contributed by atoms with E-state index in [1.807, 2.05) is 14.1 Å². The molecule has 1 aliphatic rings. The smallest absolute Gasteiger partial charge is 0.323 e. The maximum atomic E-state index is 11.0. The zero-order valence-corrected chi connectivity index (χ0v) is 10.5. The Morgan fingerprint density at radius 3 is 1.36 bits per heavy atom. The average Bonchev–Trinajstić information content (AvgIpc) is 1.94. The summed E-state index contributed by atoms with van der Waals surface area (Å²) in [5.41, 5.74) is -1.42. The van der Waals surface area contributed by atoms with Crippen molar-refractivity contribution in [2.24, 2.45) is 0 Å². The molecule has 86 valence electrons. The Hall–Kier alpha value is 0.0700. The van der Waals surface area contributed by atoms with Crippen molar-refractivity contribution in [2.75, 3.05) is 14.1 Å². The van der Waals surface area contributed by atoms with Gasteiger partial charge in [0.05, 0.1) is 0 Å². The highest BCUT2D eigenvalue weighted by molar-refractivity contribution is 7.47. The predicted molar refractivity (Wildman–Crippen MR) is 55.1 cm³/mol. The normalized spacial score (nSPS) is 26.5. The van der Waals surface area contributed by atoms with Crippen LogP contribution in [0.25, 0.3) is 0 Å². The van der Waals surface area contributed by atoms with Crippen LogP contribution >= 0.6 is 7.82 Å². The van der Waals surface area contributed by atoms with E-state index in [4.69, 9.17) is 13.9 Å². The summed E-state index contributed by atoms with van der Waals surface area (Å²) in [7, 11) is -0.0363. The molecule has 0 aromatic heterocycles. The fourth-order valence-electron chi connectivity index (χ4n) is 0.815. The van der Waals surface area contributed by atoms with E-state index < -0.39 is 19.0 Å². The lowest BCUT2D eigenvalue weighted by Gasteiger charge is -2.28. The molecule has 2 N–H and O–H groups in total. The monoisotopic (exact) mass is 225 g/mol. The molecular weight excluding hydrogens is 205 g/mol. The first-order valence-corrected chi connectivity index (χ1v) is 5.90. The molecule has 1 saturated heterocycles. The molecule has 0 atom stereocenters. The minimum atomic E-state index is -3.79. The Balaban J connectivity index is 0.000000500. The molecule has 0 unspecified atom stereocenters. The van der Waals surface area contributed by atoms with Gasteiger partial charge in [-0.1, -0.05) is 0 Å². The van der Waals surface area contributed by atoms with Gasteiger partial charge in [-0.05, 0) is 41.8 Å². The van der Waals surface area contributed by atoms with Crippen LogP contribution < -0.4 is 5.32 Å². The van der Waals surface area contributed by atoms with Crippen LogP contribution in [0.4, 0.5) is 0 Å². The summed E-state index contributed by atoms with van der Waals surface area (Å²) >= 11 is 0. The van der Waals surface area contributed by atoms with Crippen molar-refractivity contribution < 1.29 is 18.5 Å². The van der Waals surface area contributed by atoms with E-state index in [1.54, 1.807) is 27.7 Å². The largest absolute Gasteiger partial charge is 0.473 e. The molecule has 0 aliphatic carbocycles. The zero-order valence-electron chi connectivity index (χ0n) is 9.62. The van der Waals surface area contributed by atoms with E-state index in [2.05, 4.69) is 5.32 Å². The third-order valence-corrected chi connectivity index (χ3v) is 3.51. The number of nitrogens with one attached hydrogen (secondary N) is 1.